The first-order chi connectivity index (χ1) is 7.75. The van der Waals surface area contributed by atoms with Gasteiger partial charge in [-0.2, -0.15) is 0 Å². The normalized spacial score (nSPS) is 42.9. The van der Waals surface area contributed by atoms with Crippen LogP contribution in [-0.4, -0.2) is 21.9 Å². The molecule has 0 saturated heterocycles. The van der Waals surface area contributed by atoms with E-state index in [9.17, 15) is 10.2 Å². The van der Waals surface area contributed by atoms with Crippen LogP contribution in [0.25, 0.3) is 0 Å². The molecule has 2 aliphatic rings. The molecule has 2 rings (SSSR count). The Morgan fingerprint density at radius 2 is 2.06 bits per heavy atom. The monoisotopic (exact) mass is 238 g/mol. The van der Waals surface area contributed by atoms with Crippen LogP contribution < -0.4 is 0 Å². The van der Waals surface area contributed by atoms with Crippen molar-refractivity contribution in [1.29, 1.82) is 0 Å². The fourth-order valence-corrected chi connectivity index (χ4v) is 3.98. The van der Waals surface area contributed by atoms with Gasteiger partial charge in [0, 0.05) is 0 Å². The van der Waals surface area contributed by atoms with Gasteiger partial charge in [0.05, 0.1) is 11.7 Å². The van der Waals surface area contributed by atoms with E-state index >= 15 is 0 Å². The summed E-state index contributed by atoms with van der Waals surface area (Å²) < 4.78 is 0. The van der Waals surface area contributed by atoms with E-state index in [4.69, 9.17) is 0 Å². The molecule has 98 valence electrons. The minimum absolute atomic E-state index is 0.240. The fourth-order valence-electron chi connectivity index (χ4n) is 3.98. The number of hydrogen-bond acceptors (Lipinski definition) is 2. The Bertz CT molecular complexity index is 326. The summed E-state index contributed by atoms with van der Waals surface area (Å²) in [7, 11) is 0. The first-order valence-corrected chi connectivity index (χ1v) is 6.85. The lowest BCUT2D eigenvalue weighted by atomic mass is 9.64. The minimum atomic E-state index is -0.570. The average Bonchev–Trinajstić information content (AvgIpc) is 2.59. The summed E-state index contributed by atoms with van der Waals surface area (Å²) in [6.07, 6.45) is 5.99. The van der Waals surface area contributed by atoms with Crippen LogP contribution in [0.15, 0.2) is 11.6 Å². The lowest BCUT2D eigenvalue weighted by molar-refractivity contribution is 0.0109. The van der Waals surface area contributed by atoms with Gasteiger partial charge in [-0.3, -0.25) is 0 Å². The third kappa shape index (κ3) is 2.17. The molecule has 0 bridgehead atoms. The van der Waals surface area contributed by atoms with Crippen molar-refractivity contribution >= 4 is 0 Å². The molecule has 0 aliphatic heterocycles. The van der Waals surface area contributed by atoms with Crippen molar-refractivity contribution in [2.45, 2.75) is 65.1 Å². The molecule has 1 fully saturated rings. The largest absolute Gasteiger partial charge is 0.390 e. The van der Waals surface area contributed by atoms with Crippen LogP contribution in [0, 0.1) is 17.3 Å². The molecule has 2 aliphatic carbocycles. The van der Waals surface area contributed by atoms with Crippen molar-refractivity contribution < 1.29 is 10.2 Å². The van der Waals surface area contributed by atoms with Crippen molar-refractivity contribution in [3.05, 3.63) is 11.6 Å². The van der Waals surface area contributed by atoms with Gasteiger partial charge in [-0.1, -0.05) is 18.6 Å². The van der Waals surface area contributed by atoms with Gasteiger partial charge in [0.15, 0.2) is 0 Å². The molecule has 0 heterocycles. The maximum atomic E-state index is 10.2. The number of hydrogen-bond donors (Lipinski definition) is 2. The summed E-state index contributed by atoms with van der Waals surface area (Å²) in [6.45, 7) is 8.27. The Hall–Kier alpha value is -0.340. The number of aliphatic hydroxyl groups excluding tert-OH is 1. The average molecular weight is 238 g/mol. The second-order valence-corrected chi connectivity index (χ2v) is 6.80. The topological polar surface area (TPSA) is 40.5 Å². The van der Waals surface area contributed by atoms with E-state index in [1.165, 1.54) is 5.57 Å². The zero-order valence-corrected chi connectivity index (χ0v) is 11.5. The lowest BCUT2D eigenvalue weighted by Gasteiger charge is -2.42. The van der Waals surface area contributed by atoms with E-state index in [-0.39, 0.29) is 11.5 Å². The highest BCUT2D eigenvalue weighted by atomic mass is 16.3. The maximum Gasteiger partial charge on any atom is 0.0726 e. The molecule has 17 heavy (non-hydrogen) atoms. The highest BCUT2D eigenvalue weighted by molar-refractivity contribution is 5.22. The second-order valence-electron chi connectivity index (χ2n) is 6.80. The van der Waals surface area contributed by atoms with Gasteiger partial charge in [-0.15, -0.1) is 0 Å². The van der Waals surface area contributed by atoms with Crippen LogP contribution in [-0.2, 0) is 0 Å². The maximum absolute atomic E-state index is 10.2. The van der Waals surface area contributed by atoms with Crippen LogP contribution in [0.3, 0.4) is 0 Å². The van der Waals surface area contributed by atoms with Crippen molar-refractivity contribution in [1.82, 2.24) is 0 Å². The molecule has 2 N–H and O–H groups in total. The van der Waals surface area contributed by atoms with Crippen molar-refractivity contribution in [2.75, 3.05) is 0 Å². The van der Waals surface area contributed by atoms with Crippen LogP contribution in [0.5, 0.6) is 0 Å². The molecule has 0 amide bonds. The Kier molecular flexibility index (Phi) is 3.16. The third-order valence-electron chi connectivity index (χ3n) is 5.31. The number of aliphatic hydroxyl groups is 2. The summed E-state index contributed by atoms with van der Waals surface area (Å²) in [5.74, 6) is 0.915. The molecular formula is C15H26O2. The molecule has 0 radical (unpaired) electrons. The van der Waals surface area contributed by atoms with E-state index in [1.807, 2.05) is 19.9 Å². The zero-order chi connectivity index (χ0) is 12.8. The summed E-state index contributed by atoms with van der Waals surface area (Å²) in [5.41, 5.74) is 1.01. The third-order valence-corrected chi connectivity index (χ3v) is 5.31. The molecule has 0 aromatic carbocycles. The molecule has 0 unspecified atom stereocenters. The van der Waals surface area contributed by atoms with Crippen molar-refractivity contribution in [3.63, 3.8) is 0 Å². The lowest BCUT2D eigenvalue weighted by Crippen LogP contribution is -2.36. The molecule has 4 atom stereocenters. The molecule has 1 saturated carbocycles. The molecule has 0 aromatic rings. The van der Waals surface area contributed by atoms with Gasteiger partial charge in [0.1, 0.15) is 0 Å². The summed E-state index contributed by atoms with van der Waals surface area (Å²) in [5, 5.41) is 20.0. The smallest absolute Gasteiger partial charge is 0.0726 e. The van der Waals surface area contributed by atoms with E-state index in [2.05, 4.69) is 13.8 Å². The van der Waals surface area contributed by atoms with Crippen LogP contribution in [0.2, 0.25) is 0 Å². The Labute approximate surface area is 105 Å². The predicted octanol–water partition coefficient (Wildman–Crippen LogP) is 2.89. The predicted molar refractivity (Wildman–Crippen MR) is 69.6 cm³/mol. The fraction of sp³-hybridized carbons (Fsp3) is 0.867. The van der Waals surface area contributed by atoms with E-state index in [1.54, 1.807) is 0 Å². The van der Waals surface area contributed by atoms with Gasteiger partial charge in [-0.05, 0) is 63.7 Å². The van der Waals surface area contributed by atoms with Gasteiger partial charge in [0.25, 0.3) is 0 Å². The van der Waals surface area contributed by atoms with Crippen LogP contribution >= 0.6 is 0 Å². The first-order valence-electron chi connectivity index (χ1n) is 6.85. The second kappa shape index (κ2) is 4.10. The molecule has 2 heteroatoms. The summed E-state index contributed by atoms with van der Waals surface area (Å²) in [6, 6.07) is 0. The Morgan fingerprint density at radius 3 is 2.53 bits per heavy atom. The number of allylic oxidation sites excluding steroid dienone is 1. The molecule has 1 spiro atoms. The van der Waals surface area contributed by atoms with E-state index in [0.29, 0.717) is 11.8 Å². The van der Waals surface area contributed by atoms with Crippen molar-refractivity contribution in [3.8, 4) is 0 Å². The standard InChI is InChI=1S/C15H26O2/c1-10-7-13(16)8-11(2)15(10)6-5-12(9-15)14(3,4)17/h7,11-13,16-17H,5-6,8-9H2,1-4H3/t11-,12+,13+,15+/m0/s1. The van der Waals surface area contributed by atoms with Gasteiger partial charge >= 0.3 is 0 Å². The van der Waals surface area contributed by atoms with E-state index in [0.717, 1.165) is 25.7 Å². The van der Waals surface area contributed by atoms with Gasteiger partial charge < -0.3 is 10.2 Å². The minimum Gasteiger partial charge on any atom is -0.390 e. The Morgan fingerprint density at radius 1 is 1.41 bits per heavy atom. The van der Waals surface area contributed by atoms with Gasteiger partial charge in [0.2, 0.25) is 0 Å². The van der Waals surface area contributed by atoms with Crippen molar-refractivity contribution in [2.24, 2.45) is 17.3 Å². The Balaban J connectivity index is 2.24. The highest BCUT2D eigenvalue weighted by Gasteiger charge is 2.49. The van der Waals surface area contributed by atoms with Gasteiger partial charge in [-0.25, -0.2) is 0 Å². The quantitative estimate of drug-likeness (QED) is 0.690. The first kappa shape index (κ1) is 13.1. The zero-order valence-electron chi connectivity index (χ0n) is 11.5. The SMILES string of the molecule is CC1=C[C@@H](O)C[C@H](C)[C@@]12CC[C@@H](C(C)(C)O)C2. The molecular weight excluding hydrogens is 212 g/mol. The molecule has 0 aromatic heterocycles. The summed E-state index contributed by atoms with van der Waals surface area (Å²) in [4.78, 5) is 0. The summed E-state index contributed by atoms with van der Waals surface area (Å²) >= 11 is 0. The van der Waals surface area contributed by atoms with Crippen LogP contribution in [0.4, 0.5) is 0 Å². The molecule has 2 nitrogen and oxygen atoms in total. The number of rotatable bonds is 1. The van der Waals surface area contributed by atoms with Crippen LogP contribution in [0.1, 0.15) is 53.4 Å². The highest BCUT2D eigenvalue weighted by Crippen LogP contribution is 2.57. The van der Waals surface area contributed by atoms with E-state index < -0.39 is 5.60 Å².